The van der Waals surface area contributed by atoms with Crippen LogP contribution in [0.15, 0.2) is 60.9 Å². The van der Waals surface area contributed by atoms with Crippen LogP contribution in [0, 0.1) is 5.82 Å². The molecule has 1 atom stereocenters. The number of rotatable bonds is 5. The largest absolute Gasteiger partial charge is 0.506 e. The molecule has 3 N–H and O–H groups in total. The molecular formula is C19H16ClFN2O2. The highest BCUT2D eigenvalue weighted by atomic mass is 35.5. The van der Waals surface area contributed by atoms with Crippen molar-refractivity contribution in [3.05, 3.63) is 77.3 Å². The molecule has 0 radical (unpaired) electrons. The zero-order valence-corrected chi connectivity index (χ0v) is 13.9. The number of aliphatic hydroxyl groups is 1. The predicted octanol–water partition coefficient (Wildman–Crippen LogP) is 4.39. The summed E-state index contributed by atoms with van der Waals surface area (Å²) in [7, 11) is 0. The van der Waals surface area contributed by atoms with E-state index < -0.39 is 5.82 Å². The minimum absolute atomic E-state index is 0.0623. The Labute approximate surface area is 149 Å². The van der Waals surface area contributed by atoms with Gasteiger partial charge in [-0.1, -0.05) is 41.9 Å². The molecule has 0 aliphatic carbocycles. The van der Waals surface area contributed by atoms with Gasteiger partial charge in [-0.05, 0) is 17.7 Å². The predicted molar refractivity (Wildman–Crippen MR) is 96.2 cm³/mol. The van der Waals surface area contributed by atoms with E-state index in [9.17, 15) is 14.6 Å². The van der Waals surface area contributed by atoms with Crippen molar-refractivity contribution in [3.63, 3.8) is 0 Å². The van der Waals surface area contributed by atoms with Gasteiger partial charge < -0.3 is 15.5 Å². The van der Waals surface area contributed by atoms with E-state index >= 15 is 0 Å². The molecule has 2 aromatic carbocycles. The van der Waals surface area contributed by atoms with Crippen LogP contribution in [0.3, 0.4) is 0 Å². The zero-order valence-electron chi connectivity index (χ0n) is 13.2. The van der Waals surface area contributed by atoms with Crippen LogP contribution < -0.4 is 5.32 Å². The average molecular weight is 359 g/mol. The fourth-order valence-corrected chi connectivity index (χ4v) is 2.71. The molecule has 0 saturated carbocycles. The van der Waals surface area contributed by atoms with E-state index in [1.165, 1.54) is 12.3 Å². The molecule has 128 valence electrons. The molecule has 1 aromatic heterocycles. The van der Waals surface area contributed by atoms with E-state index in [1.807, 2.05) is 30.3 Å². The van der Waals surface area contributed by atoms with Crippen LogP contribution in [0.2, 0.25) is 5.02 Å². The molecule has 25 heavy (non-hydrogen) atoms. The van der Waals surface area contributed by atoms with Crippen LogP contribution in [-0.2, 0) is 0 Å². The standard InChI is InChI=1S/C19H16ClFN2O2/c20-16-7-15(17(21)8-19(16)25)13-6-14(10-22-9-13)23-18(11-24)12-4-2-1-3-5-12/h1-10,18,23-25H,11H2/t18-/m0/s1. The van der Waals surface area contributed by atoms with Gasteiger partial charge in [-0.25, -0.2) is 4.39 Å². The average Bonchev–Trinajstić information content (AvgIpc) is 2.63. The normalized spacial score (nSPS) is 12.0. The summed E-state index contributed by atoms with van der Waals surface area (Å²) in [5.41, 5.74) is 2.30. The number of hydrogen-bond acceptors (Lipinski definition) is 4. The van der Waals surface area contributed by atoms with Gasteiger partial charge in [0.25, 0.3) is 0 Å². The summed E-state index contributed by atoms with van der Waals surface area (Å²) >= 11 is 5.88. The molecule has 6 heteroatoms. The lowest BCUT2D eigenvalue weighted by molar-refractivity contribution is 0.276. The summed E-state index contributed by atoms with van der Waals surface area (Å²) in [5, 5.41) is 22.4. The number of benzene rings is 2. The SMILES string of the molecule is OC[C@H](Nc1cncc(-c2cc(Cl)c(O)cc2F)c1)c1ccccc1. The number of nitrogens with zero attached hydrogens (tertiary/aromatic N) is 1. The van der Waals surface area contributed by atoms with Crippen molar-refractivity contribution < 1.29 is 14.6 Å². The number of halogens is 2. The maximum absolute atomic E-state index is 14.1. The van der Waals surface area contributed by atoms with Gasteiger partial charge in [0.05, 0.1) is 23.4 Å². The van der Waals surface area contributed by atoms with Gasteiger partial charge in [0.2, 0.25) is 0 Å². The maximum atomic E-state index is 14.1. The van der Waals surface area contributed by atoms with Gasteiger partial charge in [0.15, 0.2) is 0 Å². The van der Waals surface area contributed by atoms with Crippen molar-refractivity contribution in [1.29, 1.82) is 0 Å². The van der Waals surface area contributed by atoms with Gasteiger partial charge in [-0.15, -0.1) is 0 Å². The Morgan fingerprint density at radius 1 is 1.12 bits per heavy atom. The second-order valence-corrected chi connectivity index (χ2v) is 5.94. The van der Waals surface area contributed by atoms with E-state index in [0.29, 0.717) is 11.3 Å². The number of phenolic OH excluding ortho intramolecular Hbond substituents is 1. The van der Waals surface area contributed by atoms with Crippen molar-refractivity contribution in [2.24, 2.45) is 0 Å². The number of anilines is 1. The first-order valence-electron chi connectivity index (χ1n) is 7.64. The third kappa shape index (κ3) is 3.90. The van der Waals surface area contributed by atoms with E-state index in [2.05, 4.69) is 10.3 Å². The molecular weight excluding hydrogens is 343 g/mol. The highest BCUT2D eigenvalue weighted by Gasteiger charge is 2.13. The fraction of sp³-hybridized carbons (Fsp3) is 0.105. The van der Waals surface area contributed by atoms with E-state index in [1.54, 1.807) is 12.3 Å². The quantitative estimate of drug-likeness (QED) is 0.632. The van der Waals surface area contributed by atoms with Crippen LogP contribution in [0.5, 0.6) is 5.75 Å². The number of nitrogens with one attached hydrogen (secondary N) is 1. The third-order valence-corrected chi connectivity index (χ3v) is 4.11. The van der Waals surface area contributed by atoms with Crippen molar-refractivity contribution in [1.82, 2.24) is 4.98 Å². The number of pyridine rings is 1. The van der Waals surface area contributed by atoms with Crippen LogP contribution in [0.1, 0.15) is 11.6 Å². The summed E-state index contributed by atoms with van der Waals surface area (Å²) in [6.45, 7) is -0.104. The summed E-state index contributed by atoms with van der Waals surface area (Å²) in [6.07, 6.45) is 3.10. The molecule has 4 nitrogen and oxygen atoms in total. The third-order valence-electron chi connectivity index (χ3n) is 3.81. The topological polar surface area (TPSA) is 65.4 Å². The molecule has 0 aliphatic heterocycles. The zero-order chi connectivity index (χ0) is 17.8. The number of aromatic nitrogens is 1. The first-order chi connectivity index (χ1) is 12.1. The summed E-state index contributed by atoms with van der Waals surface area (Å²) in [4.78, 5) is 4.12. The molecule has 3 aromatic rings. The van der Waals surface area contributed by atoms with E-state index in [0.717, 1.165) is 11.6 Å². The molecule has 0 amide bonds. The molecule has 0 saturated heterocycles. The minimum Gasteiger partial charge on any atom is -0.506 e. The lowest BCUT2D eigenvalue weighted by Gasteiger charge is -2.18. The van der Waals surface area contributed by atoms with Gasteiger partial charge in [0, 0.05) is 29.6 Å². The highest BCUT2D eigenvalue weighted by molar-refractivity contribution is 6.32. The Morgan fingerprint density at radius 3 is 2.60 bits per heavy atom. The number of aliphatic hydroxyl groups excluding tert-OH is 1. The van der Waals surface area contributed by atoms with Crippen LogP contribution >= 0.6 is 11.6 Å². The molecule has 0 aliphatic rings. The summed E-state index contributed by atoms with van der Waals surface area (Å²) in [6, 6.07) is 13.2. The van der Waals surface area contributed by atoms with Crippen LogP contribution in [-0.4, -0.2) is 21.8 Å². The number of aromatic hydroxyl groups is 1. The number of hydrogen-bond donors (Lipinski definition) is 3. The van der Waals surface area contributed by atoms with E-state index in [-0.39, 0.29) is 29.0 Å². The molecule has 3 rings (SSSR count). The monoisotopic (exact) mass is 358 g/mol. The van der Waals surface area contributed by atoms with E-state index in [4.69, 9.17) is 11.6 Å². The van der Waals surface area contributed by atoms with Gasteiger partial charge in [0.1, 0.15) is 11.6 Å². The minimum atomic E-state index is -0.595. The molecule has 0 unspecified atom stereocenters. The maximum Gasteiger partial charge on any atom is 0.137 e. The second-order valence-electron chi connectivity index (χ2n) is 5.54. The van der Waals surface area contributed by atoms with Crippen molar-refractivity contribution in [2.45, 2.75) is 6.04 Å². The second kappa shape index (κ2) is 7.51. The van der Waals surface area contributed by atoms with Crippen molar-refractivity contribution in [2.75, 3.05) is 11.9 Å². The van der Waals surface area contributed by atoms with Crippen molar-refractivity contribution in [3.8, 4) is 16.9 Å². The lowest BCUT2D eigenvalue weighted by Crippen LogP contribution is -2.14. The smallest absolute Gasteiger partial charge is 0.137 e. The Balaban J connectivity index is 1.91. The molecule has 0 fully saturated rings. The Kier molecular flexibility index (Phi) is 5.16. The Hall–Kier alpha value is -2.63. The number of phenols is 1. The summed E-state index contributed by atoms with van der Waals surface area (Å²) in [5.74, 6) is -0.905. The first-order valence-corrected chi connectivity index (χ1v) is 8.02. The van der Waals surface area contributed by atoms with Crippen molar-refractivity contribution >= 4 is 17.3 Å². The molecule has 0 spiro atoms. The Bertz CT molecular complexity index is 875. The van der Waals surface area contributed by atoms with Gasteiger partial charge in [-0.3, -0.25) is 4.98 Å². The van der Waals surface area contributed by atoms with Gasteiger partial charge >= 0.3 is 0 Å². The van der Waals surface area contributed by atoms with Crippen LogP contribution in [0.25, 0.3) is 11.1 Å². The highest BCUT2D eigenvalue weighted by Crippen LogP contribution is 2.33. The Morgan fingerprint density at radius 2 is 1.88 bits per heavy atom. The first kappa shape index (κ1) is 17.2. The van der Waals surface area contributed by atoms with Gasteiger partial charge in [-0.2, -0.15) is 0 Å². The lowest BCUT2D eigenvalue weighted by atomic mass is 10.1. The fourth-order valence-electron chi connectivity index (χ4n) is 2.54. The molecule has 1 heterocycles. The van der Waals surface area contributed by atoms with Crippen LogP contribution in [0.4, 0.5) is 10.1 Å². The molecule has 0 bridgehead atoms. The summed E-state index contributed by atoms with van der Waals surface area (Å²) < 4.78 is 14.1.